The van der Waals surface area contributed by atoms with Gasteiger partial charge in [-0.25, -0.2) is 4.68 Å². The van der Waals surface area contributed by atoms with Gasteiger partial charge in [0.2, 0.25) is 0 Å². The molecule has 4 nitrogen and oxygen atoms in total. The van der Waals surface area contributed by atoms with E-state index >= 15 is 0 Å². The molecule has 4 rings (SSSR count). The summed E-state index contributed by atoms with van der Waals surface area (Å²) in [4.78, 5) is 14.8. The average Bonchev–Trinajstić information content (AvgIpc) is 3.23. The van der Waals surface area contributed by atoms with Gasteiger partial charge in [-0.05, 0) is 29.3 Å². The highest BCUT2D eigenvalue weighted by molar-refractivity contribution is 6.00. The van der Waals surface area contributed by atoms with Crippen LogP contribution in [0.15, 0.2) is 97.3 Å². The maximum Gasteiger partial charge on any atom is 0.254 e. The molecule has 0 fully saturated rings. The number of carbonyl (C=O) groups is 1. The van der Waals surface area contributed by atoms with E-state index in [1.54, 1.807) is 11.1 Å². The van der Waals surface area contributed by atoms with Gasteiger partial charge in [-0.1, -0.05) is 66.7 Å². The molecule has 0 N–H and O–H groups in total. The highest BCUT2D eigenvalue weighted by Crippen LogP contribution is 2.24. The first-order chi connectivity index (χ1) is 13.7. The predicted octanol–water partition coefficient (Wildman–Crippen LogP) is 4.81. The number of hydrogen-bond donors (Lipinski definition) is 0. The molecule has 0 radical (unpaired) electrons. The molecule has 4 aromatic rings. The Kier molecular flexibility index (Phi) is 5.02. The Bertz CT molecular complexity index is 1070. The van der Waals surface area contributed by atoms with E-state index in [1.165, 1.54) is 0 Å². The molecule has 0 saturated heterocycles. The van der Waals surface area contributed by atoms with Gasteiger partial charge in [-0.15, -0.1) is 0 Å². The van der Waals surface area contributed by atoms with Crippen LogP contribution in [0, 0.1) is 0 Å². The van der Waals surface area contributed by atoms with Crippen LogP contribution in [0.1, 0.15) is 15.9 Å². The van der Waals surface area contributed by atoms with Crippen molar-refractivity contribution in [1.29, 1.82) is 0 Å². The van der Waals surface area contributed by atoms with E-state index in [-0.39, 0.29) is 5.91 Å². The van der Waals surface area contributed by atoms with Gasteiger partial charge in [0.15, 0.2) is 0 Å². The Morgan fingerprint density at radius 2 is 1.54 bits per heavy atom. The Morgan fingerprint density at radius 3 is 2.29 bits per heavy atom. The fourth-order valence-corrected chi connectivity index (χ4v) is 3.25. The second kappa shape index (κ2) is 7.92. The van der Waals surface area contributed by atoms with Gasteiger partial charge >= 0.3 is 0 Å². The van der Waals surface area contributed by atoms with Crippen LogP contribution in [0.3, 0.4) is 0 Å². The molecule has 0 atom stereocenters. The van der Waals surface area contributed by atoms with E-state index in [2.05, 4.69) is 5.10 Å². The van der Waals surface area contributed by atoms with Crippen LogP contribution in [-0.2, 0) is 6.54 Å². The summed E-state index contributed by atoms with van der Waals surface area (Å²) in [5, 5.41) is 4.42. The zero-order valence-electron chi connectivity index (χ0n) is 15.7. The molecule has 0 saturated carbocycles. The standard InChI is InChI=1S/C24H21N3O/c1-26(17-19-16-25-27(18-19)21-12-6-3-7-13-21)24(28)23-15-9-8-14-22(23)20-10-4-2-5-11-20/h2-16,18H,17H2,1H3. The van der Waals surface area contributed by atoms with Crippen LogP contribution in [0.5, 0.6) is 0 Å². The highest BCUT2D eigenvalue weighted by atomic mass is 16.2. The number of aromatic nitrogens is 2. The van der Waals surface area contributed by atoms with Gasteiger partial charge in [-0.3, -0.25) is 4.79 Å². The van der Waals surface area contributed by atoms with Gasteiger partial charge < -0.3 is 4.90 Å². The van der Waals surface area contributed by atoms with Gasteiger partial charge in [0.1, 0.15) is 0 Å². The molecule has 4 heteroatoms. The number of amides is 1. The van der Waals surface area contributed by atoms with Crippen molar-refractivity contribution in [1.82, 2.24) is 14.7 Å². The molecule has 0 aliphatic rings. The lowest BCUT2D eigenvalue weighted by atomic mass is 9.99. The van der Waals surface area contributed by atoms with Crippen molar-refractivity contribution in [3.8, 4) is 16.8 Å². The van der Waals surface area contributed by atoms with Crippen molar-refractivity contribution in [3.63, 3.8) is 0 Å². The van der Waals surface area contributed by atoms with Crippen molar-refractivity contribution in [2.75, 3.05) is 7.05 Å². The monoisotopic (exact) mass is 367 g/mol. The van der Waals surface area contributed by atoms with Gasteiger partial charge in [0.25, 0.3) is 5.91 Å². The summed E-state index contributed by atoms with van der Waals surface area (Å²) in [6.45, 7) is 0.495. The lowest BCUT2D eigenvalue weighted by molar-refractivity contribution is 0.0786. The van der Waals surface area contributed by atoms with Gasteiger partial charge in [0.05, 0.1) is 11.9 Å². The van der Waals surface area contributed by atoms with Gasteiger partial charge in [-0.2, -0.15) is 5.10 Å². The molecule has 1 amide bonds. The van der Waals surface area contributed by atoms with Crippen LogP contribution in [-0.4, -0.2) is 27.6 Å². The highest BCUT2D eigenvalue weighted by Gasteiger charge is 2.17. The van der Waals surface area contributed by atoms with Gasteiger partial charge in [0, 0.05) is 30.9 Å². The van der Waals surface area contributed by atoms with E-state index < -0.39 is 0 Å². The summed E-state index contributed by atoms with van der Waals surface area (Å²) in [5.41, 5.74) is 4.66. The summed E-state index contributed by atoms with van der Waals surface area (Å²) in [7, 11) is 1.82. The third-order valence-electron chi connectivity index (χ3n) is 4.67. The molecule has 1 heterocycles. The van der Waals surface area contributed by atoms with Crippen molar-refractivity contribution < 1.29 is 4.79 Å². The molecule has 28 heavy (non-hydrogen) atoms. The van der Waals surface area contributed by atoms with E-state index in [0.717, 1.165) is 22.4 Å². The molecule has 0 unspecified atom stereocenters. The Hall–Kier alpha value is -3.66. The summed E-state index contributed by atoms with van der Waals surface area (Å²) in [6.07, 6.45) is 3.77. The zero-order chi connectivity index (χ0) is 19.3. The topological polar surface area (TPSA) is 38.1 Å². The minimum absolute atomic E-state index is 0.00749. The molecular weight excluding hydrogens is 346 g/mol. The minimum Gasteiger partial charge on any atom is -0.337 e. The average molecular weight is 367 g/mol. The summed E-state index contributed by atoms with van der Waals surface area (Å²) < 4.78 is 1.82. The second-order valence-electron chi connectivity index (χ2n) is 6.70. The largest absolute Gasteiger partial charge is 0.337 e. The summed E-state index contributed by atoms with van der Waals surface area (Å²) >= 11 is 0. The van der Waals surface area contributed by atoms with E-state index in [9.17, 15) is 4.79 Å². The fourth-order valence-electron chi connectivity index (χ4n) is 3.25. The first-order valence-electron chi connectivity index (χ1n) is 9.21. The maximum atomic E-state index is 13.1. The normalized spacial score (nSPS) is 10.6. The van der Waals surface area contributed by atoms with Crippen LogP contribution in [0.25, 0.3) is 16.8 Å². The van der Waals surface area contributed by atoms with Crippen molar-refractivity contribution in [2.24, 2.45) is 0 Å². The molecule has 138 valence electrons. The fraction of sp³-hybridized carbons (Fsp3) is 0.0833. The van der Waals surface area contributed by atoms with Crippen LogP contribution in [0.2, 0.25) is 0 Å². The van der Waals surface area contributed by atoms with Crippen molar-refractivity contribution >= 4 is 5.91 Å². The van der Waals surface area contributed by atoms with E-state index in [1.807, 2.05) is 103 Å². The lowest BCUT2D eigenvalue weighted by Gasteiger charge is -2.18. The summed E-state index contributed by atoms with van der Waals surface area (Å²) in [6, 6.07) is 27.7. The predicted molar refractivity (Wildman–Crippen MR) is 111 cm³/mol. The van der Waals surface area contributed by atoms with E-state index in [4.69, 9.17) is 0 Å². The summed E-state index contributed by atoms with van der Waals surface area (Å²) in [5.74, 6) is -0.00749. The number of hydrogen-bond acceptors (Lipinski definition) is 2. The number of benzene rings is 3. The van der Waals surface area contributed by atoms with Crippen LogP contribution >= 0.6 is 0 Å². The number of carbonyl (C=O) groups excluding carboxylic acids is 1. The molecule has 3 aromatic carbocycles. The first kappa shape index (κ1) is 17.7. The number of rotatable bonds is 5. The SMILES string of the molecule is CN(Cc1cnn(-c2ccccc2)c1)C(=O)c1ccccc1-c1ccccc1. The smallest absolute Gasteiger partial charge is 0.254 e. The zero-order valence-corrected chi connectivity index (χ0v) is 15.7. The Balaban J connectivity index is 1.55. The quantitative estimate of drug-likeness (QED) is 0.508. The molecule has 0 bridgehead atoms. The minimum atomic E-state index is -0.00749. The lowest BCUT2D eigenvalue weighted by Crippen LogP contribution is -2.26. The molecule has 1 aromatic heterocycles. The van der Waals surface area contributed by atoms with E-state index in [0.29, 0.717) is 12.1 Å². The molecule has 0 aliphatic carbocycles. The van der Waals surface area contributed by atoms with Crippen molar-refractivity contribution in [3.05, 3.63) is 108 Å². The maximum absolute atomic E-state index is 13.1. The third-order valence-corrected chi connectivity index (χ3v) is 4.67. The Labute approximate surface area is 164 Å². The van der Waals surface area contributed by atoms with Crippen molar-refractivity contribution in [2.45, 2.75) is 6.54 Å². The number of para-hydroxylation sites is 1. The molecule has 0 aliphatic heterocycles. The second-order valence-corrected chi connectivity index (χ2v) is 6.70. The van der Waals surface area contributed by atoms with Crippen LogP contribution in [0.4, 0.5) is 0 Å². The Morgan fingerprint density at radius 1 is 0.893 bits per heavy atom. The third kappa shape index (κ3) is 3.71. The molecular formula is C24H21N3O. The van der Waals surface area contributed by atoms with Crippen LogP contribution < -0.4 is 0 Å². The number of nitrogens with zero attached hydrogens (tertiary/aromatic N) is 3. The first-order valence-corrected chi connectivity index (χ1v) is 9.21. The molecule has 0 spiro atoms.